The summed E-state index contributed by atoms with van der Waals surface area (Å²) >= 11 is 5.42. The first kappa shape index (κ1) is 13.4. The summed E-state index contributed by atoms with van der Waals surface area (Å²) < 4.78 is 6.35. The van der Waals surface area contributed by atoms with Crippen LogP contribution in [0.4, 0.5) is 0 Å². The SMILES string of the molecule is C[C@H](O)c1ccc(SC2CCOCC2)cc1Br. The number of hydrogen-bond donors (Lipinski definition) is 1. The van der Waals surface area contributed by atoms with Crippen molar-refractivity contribution in [3.05, 3.63) is 28.2 Å². The number of hydrogen-bond acceptors (Lipinski definition) is 3. The second-order valence-corrected chi connectivity index (χ2v) is 6.52. The molecule has 1 aromatic rings. The zero-order valence-corrected chi connectivity index (χ0v) is 12.3. The van der Waals surface area contributed by atoms with Gasteiger partial charge in [0, 0.05) is 27.8 Å². The van der Waals surface area contributed by atoms with Crippen LogP contribution in [0.15, 0.2) is 27.6 Å². The Kier molecular flexibility index (Phi) is 4.91. The Bertz CT molecular complexity index is 376. The van der Waals surface area contributed by atoms with Gasteiger partial charge in [-0.2, -0.15) is 0 Å². The first-order valence-corrected chi connectivity index (χ1v) is 7.56. The van der Waals surface area contributed by atoms with E-state index in [1.807, 2.05) is 17.8 Å². The lowest BCUT2D eigenvalue weighted by atomic mass is 10.1. The van der Waals surface area contributed by atoms with E-state index in [4.69, 9.17) is 4.74 Å². The number of rotatable bonds is 3. The third-order valence-corrected chi connectivity index (χ3v) is 4.91. The lowest BCUT2D eigenvalue weighted by molar-refractivity contribution is 0.100. The van der Waals surface area contributed by atoms with Crippen LogP contribution in [0.25, 0.3) is 0 Å². The summed E-state index contributed by atoms with van der Waals surface area (Å²) in [6, 6.07) is 6.19. The van der Waals surface area contributed by atoms with Crippen LogP contribution in [0.2, 0.25) is 0 Å². The molecule has 1 aliphatic rings. The van der Waals surface area contributed by atoms with E-state index in [0.29, 0.717) is 5.25 Å². The van der Waals surface area contributed by atoms with Crippen LogP contribution < -0.4 is 0 Å². The molecule has 1 aliphatic heterocycles. The Labute approximate surface area is 115 Å². The van der Waals surface area contributed by atoms with Gasteiger partial charge in [-0.25, -0.2) is 0 Å². The maximum absolute atomic E-state index is 9.56. The summed E-state index contributed by atoms with van der Waals surface area (Å²) in [6.45, 7) is 3.54. The Morgan fingerprint density at radius 3 is 2.71 bits per heavy atom. The molecule has 0 bridgehead atoms. The van der Waals surface area contributed by atoms with E-state index in [-0.39, 0.29) is 0 Å². The van der Waals surface area contributed by atoms with Gasteiger partial charge in [-0.1, -0.05) is 22.0 Å². The van der Waals surface area contributed by atoms with Gasteiger partial charge in [0.2, 0.25) is 0 Å². The highest BCUT2D eigenvalue weighted by molar-refractivity contribution is 9.10. The van der Waals surface area contributed by atoms with Gasteiger partial charge >= 0.3 is 0 Å². The van der Waals surface area contributed by atoms with Crippen molar-refractivity contribution < 1.29 is 9.84 Å². The van der Waals surface area contributed by atoms with Crippen molar-refractivity contribution in [2.24, 2.45) is 0 Å². The zero-order valence-electron chi connectivity index (χ0n) is 9.86. The molecule has 0 spiro atoms. The lowest BCUT2D eigenvalue weighted by Gasteiger charge is -2.21. The van der Waals surface area contributed by atoms with Gasteiger partial charge in [0.25, 0.3) is 0 Å². The predicted molar refractivity (Wildman–Crippen MR) is 74.5 cm³/mol. The van der Waals surface area contributed by atoms with Crippen LogP contribution >= 0.6 is 27.7 Å². The van der Waals surface area contributed by atoms with Gasteiger partial charge in [0.05, 0.1) is 6.10 Å². The van der Waals surface area contributed by atoms with Crippen molar-refractivity contribution >= 4 is 27.7 Å². The highest BCUT2D eigenvalue weighted by Gasteiger charge is 2.15. The van der Waals surface area contributed by atoms with Crippen LogP contribution in [-0.4, -0.2) is 23.6 Å². The minimum absolute atomic E-state index is 0.425. The van der Waals surface area contributed by atoms with Crippen LogP contribution in [0.5, 0.6) is 0 Å². The monoisotopic (exact) mass is 316 g/mol. The van der Waals surface area contributed by atoms with Crippen molar-refractivity contribution in [3.63, 3.8) is 0 Å². The normalized spacial score (nSPS) is 19.2. The van der Waals surface area contributed by atoms with Crippen LogP contribution in [-0.2, 0) is 4.74 Å². The molecular formula is C13H17BrO2S. The van der Waals surface area contributed by atoms with E-state index >= 15 is 0 Å². The van der Waals surface area contributed by atoms with Crippen molar-refractivity contribution in [3.8, 4) is 0 Å². The first-order chi connectivity index (χ1) is 8.16. The third-order valence-electron chi connectivity index (χ3n) is 2.89. The summed E-state index contributed by atoms with van der Waals surface area (Å²) in [7, 11) is 0. The molecule has 0 radical (unpaired) electrons. The number of halogens is 1. The molecule has 94 valence electrons. The van der Waals surface area contributed by atoms with E-state index in [9.17, 15) is 5.11 Å². The predicted octanol–water partition coefficient (Wildman–Crippen LogP) is 3.77. The molecule has 1 N–H and O–H groups in total. The summed E-state index contributed by atoms with van der Waals surface area (Å²) in [5.41, 5.74) is 0.946. The Hall–Kier alpha value is -0.0300. The maximum atomic E-state index is 9.56. The summed E-state index contributed by atoms with van der Waals surface area (Å²) in [4.78, 5) is 1.26. The molecule has 1 aromatic carbocycles. The molecule has 1 heterocycles. The fraction of sp³-hybridized carbons (Fsp3) is 0.538. The number of benzene rings is 1. The summed E-state index contributed by atoms with van der Waals surface area (Å²) in [6.07, 6.45) is 1.83. The average molecular weight is 317 g/mol. The molecule has 0 saturated carbocycles. The van der Waals surface area contributed by atoms with E-state index in [1.165, 1.54) is 4.90 Å². The second kappa shape index (κ2) is 6.23. The van der Waals surface area contributed by atoms with Crippen molar-refractivity contribution in [1.82, 2.24) is 0 Å². The van der Waals surface area contributed by atoms with Gasteiger partial charge in [0.15, 0.2) is 0 Å². The number of ether oxygens (including phenoxy) is 1. The maximum Gasteiger partial charge on any atom is 0.0772 e. The van der Waals surface area contributed by atoms with Crippen molar-refractivity contribution in [2.75, 3.05) is 13.2 Å². The third kappa shape index (κ3) is 3.71. The highest BCUT2D eigenvalue weighted by Crippen LogP contribution is 2.33. The Balaban J connectivity index is 2.04. The molecule has 0 aliphatic carbocycles. The summed E-state index contributed by atoms with van der Waals surface area (Å²) in [5.74, 6) is 0. The van der Waals surface area contributed by atoms with Gasteiger partial charge < -0.3 is 9.84 Å². The molecule has 2 rings (SSSR count). The highest BCUT2D eigenvalue weighted by atomic mass is 79.9. The number of aliphatic hydroxyl groups excluding tert-OH is 1. The van der Waals surface area contributed by atoms with Crippen LogP contribution in [0.3, 0.4) is 0 Å². The largest absolute Gasteiger partial charge is 0.389 e. The molecule has 1 fully saturated rings. The minimum Gasteiger partial charge on any atom is -0.389 e. The Morgan fingerprint density at radius 2 is 2.12 bits per heavy atom. The molecule has 0 amide bonds. The van der Waals surface area contributed by atoms with E-state index < -0.39 is 6.10 Å². The molecule has 1 atom stereocenters. The van der Waals surface area contributed by atoms with Gasteiger partial charge in [-0.15, -0.1) is 11.8 Å². The van der Waals surface area contributed by atoms with E-state index in [1.54, 1.807) is 6.92 Å². The quantitative estimate of drug-likeness (QED) is 0.920. The average Bonchev–Trinajstić information content (AvgIpc) is 2.30. The Morgan fingerprint density at radius 1 is 1.41 bits per heavy atom. The van der Waals surface area contributed by atoms with Crippen molar-refractivity contribution in [2.45, 2.75) is 36.0 Å². The van der Waals surface area contributed by atoms with Gasteiger partial charge in [-0.3, -0.25) is 0 Å². The fourth-order valence-corrected chi connectivity index (χ4v) is 3.91. The van der Waals surface area contributed by atoms with E-state index in [2.05, 4.69) is 28.1 Å². The van der Waals surface area contributed by atoms with Crippen LogP contribution in [0.1, 0.15) is 31.4 Å². The topological polar surface area (TPSA) is 29.5 Å². The lowest BCUT2D eigenvalue weighted by Crippen LogP contribution is -2.17. The molecule has 0 aromatic heterocycles. The smallest absolute Gasteiger partial charge is 0.0772 e. The van der Waals surface area contributed by atoms with Crippen LogP contribution in [0, 0.1) is 0 Å². The fourth-order valence-electron chi connectivity index (χ4n) is 1.91. The standard InChI is InChI=1S/C13H17BrO2S/c1-9(15)12-3-2-11(8-13(12)14)17-10-4-6-16-7-5-10/h2-3,8-10,15H,4-7H2,1H3/t9-/m0/s1. The summed E-state index contributed by atoms with van der Waals surface area (Å²) in [5, 5.41) is 10.2. The second-order valence-electron chi connectivity index (χ2n) is 4.29. The molecule has 0 unspecified atom stereocenters. The van der Waals surface area contributed by atoms with Gasteiger partial charge in [0.1, 0.15) is 0 Å². The zero-order chi connectivity index (χ0) is 12.3. The molecule has 17 heavy (non-hydrogen) atoms. The van der Waals surface area contributed by atoms with E-state index in [0.717, 1.165) is 36.1 Å². The first-order valence-electron chi connectivity index (χ1n) is 5.88. The molecular weight excluding hydrogens is 300 g/mol. The van der Waals surface area contributed by atoms with Gasteiger partial charge in [-0.05, 0) is 37.5 Å². The number of thioether (sulfide) groups is 1. The molecule has 2 nitrogen and oxygen atoms in total. The van der Waals surface area contributed by atoms with Crippen molar-refractivity contribution in [1.29, 1.82) is 0 Å². The molecule has 4 heteroatoms. The molecule has 1 saturated heterocycles. The number of aliphatic hydroxyl groups is 1. The minimum atomic E-state index is -0.425.